The zero-order valence-electron chi connectivity index (χ0n) is 15.5. The maximum atomic E-state index is 12.9. The van der Waals surface area contributed by atoms with E-state index in [1.54, 1.807) is 26.2 Å². The van der Waals surface area contributed by atoms with Gasteiger partial charge in [-0.2, -0.15) is 0 Å². The molecule has 0 fully saturated rings. The van der Waals surface area contributed by atoms with Crippen LogP contribution in [0, 0.1) is 5.82 Å². The molecule has 0 aliphatic carbocycles. The van der Waals surface area contributed by atoms with Crippen LogP contribution >= 0.6 is 0 Å². The van der Waals surface area contributed by atoms with Crippen LogP contribution in [0.4, 0.5) is 4.39 Å². The summed E-state index contributed by atoms with van der Waals surface area (Å²) < 4.78 is 18.0. The molecule has 0 saturated heterocycles. The van der Waals surface area contributed by atoms with E-state index < -0.39 is 5.60 Å². The van der Waals surface area contributed by atoms with Crippen molar-refractivity contribution in [3.05, 3.63) is 65.5 Å². The van der Waals surface area contributed by atoms with Crippen LogP contribution in [0.3, 0.4) is 0 Å². The number of aryl methyl sites for hydroxylation is 1. The number of halogens is 1. The summed E-state index contributed by atoms with van der Waals surface area (Å²) in [6.07, 6.45) is 1.94. The number of rotatable bonds is 7. The van der Waals surface area contributed by atoms with Gasteiger partial charge in [0.15, 0.2) is 0 Å². The molecule has 1 aliphatic rings. The number of hydrogen-bond acceptors (Lipinski definition) is 4. The maximum absolute atomic E-state index is 12.9. The highest BCUT2D eigenvalue weighted by Gasteiger charge is 2.41. The molecular weight excluding hydrogens is 347 g/mol. The first kappa shape index (κ1) is 18.9. The predicted octanol–water partition coefficient (Wildman–Crippen LogP) is 3.47. The Hall–Kier alpha value is -2.89. The topological polar surface area (TPSA) is 59.9 Å². The zero-order valence-corrected chi connectivity index (χ0v) is 15.5. The van der Waals surface area contributed by atoms with Gasteiger partial charge in [-0.1, -0.05) is 17.3 Å². The number of oxime groups is 1. The third-order valence-electron chi connectivity index (χ3n) is 4.61. The molecule has 0 saturated carbocycles. The summed E-state index contributed by atoms with van der Waals surface area (Å²) in [6, 6.07) is 13.9. The van der Waals surface area contributed by atoms with E-state index in [-0.39, 0.29) is 11.7 Å². The van der Waals surface area contributed by atoms with Gasteiger partial charge in [0.05, 0.1) is 12.8 Å². The van der Waals surface area contributed by atoms with Gasteiger partial charge in [-0.3, -0.25) is 4.79 Å². The second-order valence-corrected chi connectivity index (χ2v) is 6.75. The summed E-state index contributed by atoms with van der Waals surface area (Å²) in [5.74, 6) is 0.333. The molecule has 27 heavy (non-hydrogen) atoms. The Balaban J connectivity index is 1.47. The number of nitrogens with one attached hydrogen (secondary N) is 1. The fourth-order valence-electron chi connectivity index (χ4n) is 2.93. The molecule has 142 valence electrons. The summed E-state index contributed by atoms with van der Waals surface area (Å²) >= 11 is 0. The van der Waals surface area contributed by atoms with Crippen LogP contribution in [-0.2, 0) is 16.1 Å². The SMILES string of the molecule is COc1ccc(C2=NOC(C)(C(=O)NCCCc3ccc(F)cc3)C2)cc1. The number of amides is 1. The minimum atomic E-state index is -1.01. The molecule has 2 aromatic rings. The van der Waals surface area contributed by atoms with Crippen molar-refractivity contribution in [2.75, 3.05) is 13.7 Å². The van der Waals surface area contributed by atoms with Crippen molar-refractivity contribution in [2.45, 2.75) is 31.8 Å². The van der Waals surface area contributed by atoms with Crippen molar-refractivity contribution in [3.8, 4) is 5.75 Å². The Labute approximate surface area is 158 Å². The molecule has 1 N–H and O–H groups in total. The Kier molecular flexibility index (Phi) is 5.74. The first-order chi connectivity index (χ1) is 13.0. The zero-order chi connectivity index (χ0) is 19.3. The molecule has 2 aromatic carbocycles. The quantitative estimate of drug-likeness (QED) is 0.760. The fraction of sp³-hybridized carbons (Fsp3) is 0.333. The van der Waals surface area contributed by atoms with E-state index in [4.69, 9.17) is 9.57 Å². The minimum absolute atomic E-state index is 0.186. The van der Waals surface area contributed by atoms with Crippen molar-refractivity contribution in [1.29, 1.82) is 0 Å². The lowest BCUT2D eigenvalue weighted by Crippen LogP contribution is -2.45. The molecule has 6 heteroatoms. The van der Waals surface area contributed by atoms with Gasteiger partial charge >= 0.3 is 0 Å². The molecule has 1 unspecified atom stereocenters. The summed E-state index contributed by atoms with van der Waals surface area (Å²) in [5.41, 5.74) is 1.68. The summed E-state index contributed by atoms with van der Waals surface area (Å²) in [5, 5.41) is 7.00. The molecule has 1 heterocycles. The molecule has 3 rings (SSSR count). The van der Waals surface area contributed by atoms with Crippen LogP contribution < -0.4 is 10.1 Å². The van der Waals surface area contributed by atoms with Crippen molar-refractivity contribution in [1.82, 2.24) is 5.32 Å². The van der Waals surface area contributed by atoms with E-state index in [9.17, 15) is 9.18 Å². The molecule has 5 nitrogen and oxygen atoms in total. The predicted molar refractivity (Wildman–Crippen MR) is 101 cm³/mol. The number of benzene rings is 2. The highest BCUT2D eigenvalue weighted by atomic mass is 19.1. The Morgan fingerprint density at radius 2 is 1.93 bits per heavy atom. The van der Waals surface area contributed by atoms with Crippen LogP contribution in [0.5, 0.6) is 5.75 Å². The van der Waals surface area contributed by atoms with Gasteiger partial charge in [0.1, 0.15) is 11.6 Å². The van der Waals surface area contributed by atoms with Gasteiger partial charge < -0.3 is 14.9 Å². The largest absolute Gasteiger partial charge is 0.497 e. The third-order valence-corrected chi connectivity index (χ3v) is 4.61. The van der Waals surface area contributed by atoms with Crippen LogP contribution in [0.25, 0.3) is 0 Å². The van der Waals surface area contributed by atoms with E-state index in [0.29, 0.717) is 13.0 Å². The summed E-state index contributed by atoms with van der Waals surface area (Å²) in [6.45, 7) is 2.26. The van der Waals surface area contributed by atoms with E-state index in [0.717, 1.165) is 35.4 Å². The Morgan fingerprint density at radius 3 is 2.59 bits per heavy atom. The Bertz CT molecular complexity index is 818. The molecule has 1 atom stereocenters. The second kappa shape index (κ2) is 8.20. The van der Waals surface area contributed by atoms with Crippen molar-refractivity contribution < 1.29 is 18.8 Å². The fourth-order valence-corrected chi connectivity index (χ4v) is 2.93. The number of carbonyl (C=O) groups excluding carboxylic acids is 1. The van der Waals surface area contributed by atoms with E-state index >= 15 is 0 Å². The van der Waals surface area contributed by atoms with Gasteiger partial charge in [0.2, 0.25) is 5.60 Å². The molecule has 1 aliphatic heterocycles. The molecule has 1 amide bonds. The molecule has 0 radical (unpaired) electrons. The maximum Gasteiger partial charge on any atom is 0.267 e. The second-order valence-electron chi connectivity index (χ2n) is 6.75. The van der Waals surface area contributed by atoms with Crippen LogP contribution in [0.1, 0.15) is 30.9 Å². The van der Waals surface area contributed by atoms with Crippen molar-refractivity contribution in [3.63, 3.8) is 0 Å². The third kappa shape index (κ3) is 4.64. The standard InChI is InChI=1S/C21H23FN2O3/c1-21(14-19(24-27-21)16-7-11-18(26-2)12-8-16)20(25)23-13-3-4-15-5-9-17(22)10-6-15/h5-12H,3-4,13-14H2,1-2H3,(H,23,25). The van der Waals surface area contributed by atoms with Crippen LogP contribution in [0.15, 0.2) is 53.7 Å². The molecule has 0 spiro atoms. The smallest absolute Gasteiger partial charge is 0.267 e. The van der Waals surface area contributed by atoms with Gasteiger partial charge in [0.25, 0.3) is 5.91 Å². The molecular formula is C21H23FN2O3. The number of methoxy groups -OCH3 is 1. The minimum Gasteiger partial charge on any atom is -0.497 e. The van der Waals surface area contributed by atoms with Crippen molar-refractivity contribution in [2.24, 2.45) is 5.16 Å². The van der Waals surface area contributed by atoms with Crippen LogP contribution in [-0.4, -0.2) is 30.9 Å². The number of carbonyl (C=O) groups is 1. The van der Waals surface area contributed by atoms with Crippen molar-refractivity contribution >= 4 is 11.6 Å². The van der Waals surface area contributed by atoms with Gasteiger partial charge in [-0.05, 0) is 67.3 Å². The molecule has 0 bridgehead atoms. The summed E-state index contributed by atoms with van der Waals surface area (Å²) in [7, 11) is 1.61. The van der Waals surface area contributed by atoms with E-state index in [1.165, 1.54) is 12.1 Å². The molecule has 0 aromatic heterocycles. The Morgan fingerprint density at radius 1 is 1.22 bits per heavy atom. The summed E-state index contributed by atoms with van der Waals surface area (Å²) in [4.78, 5) is 18.0. The highest BCUT2D eigenvalue weighted by Crippen LogP contribution is 2.27. The monoisotopic (exact) mass is 370 g/mol. The average molecular weight is 370 g/mol. The lowest BCUT2D eigenvalue weighted by molar-refractivity contribution is -0.141. The highest BCUT2D eigenvalue weighted by molar-refractivity contribution is 6.05. The van der Waals surface area contributed by atoms with E-state index in [2.05, 4.69) is 10.5 Å². The average Bonchev–Trinajstić information content (AvgIpc) is 3.10. The first-order valence-electron chi connectivity index (χ1n) is 8.92. The van der Waals surface area contributed by atoms with Gasteiger partial charge in [-0.15, -0.1) is 0 Å². The first-order valence-corrected chi connectivity index (χ1v) is 8.92. The number of nitrogens with zero attached hydrogens (tertiary/aromatic N) is 1. The van der Waals surface area contributed by atoms with Gasteiger partial charge in [-0.25, -0.2) is 4.39 Å². The lowest BCUT2D eigenvalue weighted by Gasteiger charge is -2.20. The lowest BCUT2D eigenvalue weighted by atomic mass is 9.95. The van der Waals surface area contributed by atoms with E-state index in [1.807, 2.05) is 24.3 Å². The number of ether oxygens (including phenoxy) is 1. The number of hydrogen-bond donors (Lipinski definition) is 1. The van der Waals surface area contributed by atoms with Gasteiger partial charge in [0, 0.05) is 13.0 Å². The van der Waals surface area contributed by atoms with Crippen LogP contribution in [0.2, 0.25) is 0 Å². The normalized spacial score (nSPS) is 18.6.